The normalized spacial score (nSPS) is 27.2. The maximum atomic E-state index is 12.9. The molecule has 4 atom stereocenters. The molecule has 1 heterocycles. The van der Waals surface area contributed by atoms with Gasteiger partial charge in [-0.25, -0.2) is 10.2 Å². The summed E-state index contributed by atoms with van der Waals surface area (Å²) in [6, 6.07) is 9.28. The molecule has 0 bridgehead atoms. The van der Waals surface area contributed by atoms with Crippen LogP contribution >= 0.6 is 0 Å². The molecule has 3 rings (SSSR count). The van der Waals surface area contributed by atoms with Gasteiger partial charge in [-0.15, -0.1) is 0 Å². The highest BCUT2D eigenvalue weighted by Crippen LogP contribution is 2.44. The van der Waals surface area contributed by atoms with E-state index >= 15 is 0 Å². The minimum absolute atomic E-state index is 0.227. The maximum absolute atomic E-state index is 12.9. The molecule has 1 aromatic carbocycles. The van der Waals surface area contributed by atoms with Gasteiger partial charge in [-0.05, 0) is 26.3 Å². The molecule has 7 nitrogen and oxygen atoms in total. The maximum Gasteiger partial charge on any atom is 0.426 e. The Bertz CT molecular complexity index is 768. The number of nitrogens with zero attached hydrogens (tertiary/aromatic N) is 1. The van der Waals surface area contributed by atoms with Crippen LogP contribution in [-0.4, -0.2) is 40.2 Å². The van der Waals surface area contributed by atoms with Gasteiger partial charge >= 0.3 is 12.1 Å². The van der Waals surface area contributed by atoms with E-state index < -0.39 is 41.3 Å². The number of hydrazine groups is 1. The van der Waals surface area contributed by atoms with Gasteiger partial charge in [0.15, 0.2) is 0 Å². The number of carboxylic acid groups (broad SMARTS) is 1. The van der Waals surface area contributed by atoms with Crippen molar-refractivity contribution in [2.45, 2.75) is 32.3 Å². The van der Waals surface area contributed by atoms with Crippen LogP contribution in [0.3, 0.4) is 0 Å². The van der Waals surface area contributed by atoms with Gasteiger partial charge in [0.1, 0.15) is 5.60 Å². The van der Waals surface area contributed by atoms with E-state index in [2.05, 4.69) is 5.43 Å². The average Bonchev–Trinajstić information content (AvgIpc) is 2.89. The molecule has 0 spiro atoms. The molecular weight excluding hydrogens is 348 g/mol. The zero-order valence-corrected chi connectivity index (χ0v) is 15.6. The van der Waals surface area contributed by atoms with Crippen LogP contribution in [0.1, 0.15) is 32.3 Å². The van der Waals surface area contributed by atoms with Crippen LogP contribution in [0.25, 0.3) is 0 Å². The fourth-order valence-electron chi connectivity index (χ4n) is 3.80. The first-order chi connectivity index (χ1) is 12.7. The van der Waals surface area contributed by atoms with Gasteiger partial charge in [-0.3, -0.25) is 14.6 Å². The minimum atomic E-state index is -1.02. The smallest absolute Gasteiger partial charge is 0.426 e. The van der Waals surface area contributed by atoms with E-state index in [1.807, 2.05) is 42.5 Å². The van der Waals surface area contributed by atoms with E-state index in [0.29, 0.717) is 0 Å². The summed E-state index contributed by atoms with van der Waals surface area (Å²) in [6.07, 6.45) is 3.01. The first-order valence-corrected chi connectivity index (χ1v) is 8.94. The van der Waals surface area contributed by atoms with E-state index in [0.717, 1.165) is 5.56 Å². The number of amides is 2. The molecule has 0 radical (unpaired) electrons. The lowest BCUT2D eigenvalue weighted by atomic mass is 9.69. The largest absolute Gasteiger partial charge is 0.481 e. The number of carbonyl (C=O) groups is 3. The van der Waals surface area contributed by atoms with Crippen LogP contribution in [0.4, 0.5) is 4.79 Å². The molecule has 2 aliphatic rings. The molecule has 27 heavy (non-hydrogen) atoms. The number of allylic oxidation sites excluding steroid dienone is 1. The summed E-state index contributed by atoms with van der Waals surface area (Å²) >= 11 is 0. The molecule has 1 aliphatic heterocycles. The molecule has 1 fully saturated rings. The predicted molar refractivity (Wildman–Crippen MR) is 97.5 cm³/mol. The van der Waals surface area contributed by atoms with E-state index in [9.17, 15) is 19.5 Å². The molecule has 144 valence electrons. The Labute approximate surface area is 158 Å². The van der Waals surface area contributed by atoms with Crippen molar-refractivity contribution in [1.29, 1.82) is 0 Å². The number of nitrogens with one attached hydrogen (secondary N) is 1. The van der Waals surface area contributed by atoms with Gasteiger partial charge < -0.3 is 9.84 Å². The Morgan fingerprint density at radius 3 is 2.44 bits per heavy atom. The molecule has 0 saturated carbocycles. The number of hydrogen-bond acceptors (Lipinski definition) is 4. The molecule has 7 heteroatoms. The SMILES string of the molecule is CC(C)(C)OC(=O)NN1C[C@@H]2C=C[C@@H](c3ccccc3)[C@@H](C(=O)O)[C@H]2C1=O. The van der Waals surface area contributed by atoms with Crippen LogP contribution in [0.2, 0.25) is 0 Å². The first-order valence-electron chi connectivity index (χ1n) is 8.94. The first kappa shape index (κ1) is 18.9. The Morgan fingerprint density at radius 2 is 1.85 bits per heavy atom. The topological polar surface area (TPSA) is 95.9 Å². The third-order valence-electron chi connectivity index (χ3n) is 4.84. The standard InChI is InChI=1S/C20H24N2O5/c1-20(2,3)27-19(26)21-22-11-13-9-10-14(12-7-5-4-6-8-12)16(18(24)25)15(13)17(22)23/h4-10,13-16H,11H2,1-3H3,(H,21,26)(H,24,25)/t13-,14-,15-,16+/m0/s1. The fraction of sp³-hybridized carbons (Fsp3) is 0.450. The fourth-order valence-corrected chi connectivity index (χ4v) is 3.80. The van der Waals surface area contributed by atoms with Crippen molar-refractivity contribution >= 4 is 18.0 Å². The lowest BCUT2D eigenvalue weighted by Crippen LogP contribution is -2.47. The second-order valence-electron chi connectivity index (χ2n) is 7.94. The Morgan fingerprint density at radius 1 is 1.19 bits per heavy atom. The summed E-state index contributed by atoms with van der Waals surface area (Å²) in [5, 5.41) is 11.0. The summed E-state index contributed by atoms with van der Waals surface area (Å²) in [6.45, 7) is 5.41. The van der Waals surface area contributed by atoms with Crippen molar-refractivity contribution in [2.24, 2.45) is 17.8 Å². The van der Waals surface area contributed by atoms with E-state index in [1.54, 1.807) is 20.8 Å². The number of ether oxygens (including phenoxy) is 1. The zero-order valence-electron chi connectivity index (χ0n) is 15.6. The van der Waals surface area contributed by atoms with Gasteiger partial charge in [-0.2, -0.15) is 0 Å². The van der Waals surface area contributed by atoms with Gasteiger partial charge in [0.2, 0.25) is 5.91 Å². The van der Waals surface area contributed by atoms with Crippen molar-refractivity contribution in [3.63, 3.8) is 0 Å². The molecule has 1 aliphatic carbocycles. The van der Waals surface area contributed by atoms with Crippen molar-refractivity contribution < 1.29 is 24.2 Å². The van der Waals surface area contributed by atoms with Gasteiger partial charge in [-0.1, -0.05) is 42.5 Å². The van der Waals surface area contributed by atoms with Crippen LogP contribution < -0.4 is 5.43 Å². The van der Waals surface area contributed by atoms with Crippen molar-refractivity contribution in [1.82, 2.24) is 10.4 Å². The van der Waals surface area contributed by atoms with Crippen molar-refractivity contribution in [2.75, 3.05) is 6.54 Å². The second-order valence-corrected chi connectivity index (χ2v) is 7.94. The lowest BCUT2D eigenvalue weighted by molar-refractivity contribution is -0.149. The summed E-state index contributed by atoms with van der Waals surface area (Å²) in [4.78, 5) is 36.9. The number of carboxylic acids is 1. The molecule has 1 aromatic rings. The van der Waals surface area contributed by atoms with Crippen LogP contribution in [0.5, 0.6) is 0 Å². The lowest BCUT2D eigenvalue weighted by Gasteiger charge is -2.31. The number of fused-ring (bicyclic) bond motifs is 1. The molecule has 2 N–H and O–H groups in total. The highest BCUT2D eigenvalue weighted by atomic mass is 16.6. The number of rotatable bonds is 3. The predicted octanol–water partition coefficient (Wildman–Crippen LogP) is 2.56. The number of carbonyl (C=O) groups excluding carboxylic acids is 2. The molecule has 1 saturated heterocycles. The van der Waals surface area contributed by atoms with Crippen LogP contribution in [0, 0.1) is 17.8 Å². The third-order valence-corrected chi connectivity index (χ3v) is 4.84. The third kappa shape index (κ3) is 3.97. The second kappa shape index (κ2) is 7.06. The highest BCUT2D eigenvalue weighted by Gasteiger charge is 2.51. The van der Waals surface area contributed by atoms with E-state index in [1.165, 1.54) is 5.01 Å². The molecule has 0 unspecified atom stereocenters. The quantitative estimate of drug-likeness (QED) is 0.795. The molecule has 2 amide bonds. The van der Waals surface area contributed by atoms with Crippen LogP contribution in [0.15, 0.2) is 42.5 Å². The number of aliphatic carboxylic acids is 1. The van der Waals surface area contributed by atoms with Crippen molar-refractivity contribution in [3.05, 3.63) is 48.0 Å². The molecular formula is C20H24N2O5. The number of benzene rings is 1. The zero-order chi connectivity index (χ0) is 19.8. The Kier molecular flexibility index (Phi) is 4.95. The van der Waals surface area contributed by atoms with Gasteiger partial charge in [0, 0.05) is 18.4 Å². The van der Waals surface area contributed by atoms with E-state index in [-0.39, 0.29) is 12.5 Å². The summed E-state index contributed by atoms with van der Waals surface area (Å²) in [7, 11) is 0. The summed E-state index contributed by atoms with van der Waals surface area (Å²) < 4.78 is 5.19. The average molecular weight is 372 g/mol. The highest BCUT2D eigenvalue weighted by molar-refractivity contribution is 5.89. The van der Waals surface area contributed by atoms with Crippen LogP contribution in [-0.2, 0) is 14.3 Å². The summed E-state index contributed by atoms with van der Waals surface area (Å²) in [5.74, 6) is -3.70. The summed E-state index contributed by atoms with van der Waals surface area (Å²) in [5.41, 5.74) is 2.61. The van der Waals surface area contributed by atoms with Gasteiger partial charge in [0.25, 0.3) is 0 Å². The molecule has 0 aromatic heterocycles. The Hall–Kier alpha value is -2.83. The monoisotopic (exact) mass is 372 g/mol. The van der Waals surface area contributed by atoms with Gasteiger partial charge in [0.05, 0.1) is 11.8 Å². The number of hydrogen-bond donors (Lipinski definition) is 2. The van der Waals surface area contributed by atoms with Crippen molar-refractivity contribution in [3.8, 4) is 0 Å². The minimum Gasteiger partial charge on any atom is -0.481 e. The van der Waals surface area contributed by atoms with E-state index in [4.69, 9.17) is 4.74 Å². The Balaban J connectivity index is 1.81.